The molecule has 2 heterocycles. The number of fused-ring (bicyclic) bond motifs is 2. The highest BCUT2D eigenvalue weighted by molar-refractivity contribution is 6.35. The standard InChI is InChI=1S/C16H17ClN4O/c17-13-4-9(15-8(14(13)18)2-1-3-20-15)16(22)21-7-12-10-5-19-6-11(10)12/h1-4,10-12,19H,5-7,18H2,(H,21,22). The maximum Gasteiger partial charge on any atom is 0.253 e. The van der Waals surface area contributed by atoms with Crippen molar-refractivity contribution in [2.45, 2.75) is 0 Å². The lowest BCUT2D eigenvalue weighted by molar-refractivity contribution is 0.0952. The van der Waals surface area contributed by atoms with Crippen LogP contribution in [-0.2, 0) is 0 Å². The number of carbonyl (C=O) groups excluding carboxylic acids is 1. The van der Waals surface area contributed by atoms with Crippen molar-refractivity contribution in [3.05, 3.63) is 35.0 Å². The molecule has 2 atom stereocenters. The van der Waals surface area contributed by atoms with Crippen molar-refractivity contribution >= 4 is 34.1 Å². The minimum absolute atomic E-state index is 0.136. The summed E-state index contributed by atoms with van der Waals surface area (Å²) in [6.45, 7) is 2.86. The van der Waals surface area contributed by atoms with E-state index < -0.39 is 0 Å². The SMILES string of the molecule is Nc1c(Cl)cc(C(=O)NCC2C3CNCC32)c2ncccc12. The van der Waals surface area contributed by atoms with Crippen molar-refractivity contribution in [3.63, 3.8) is 0 Å². The molecule has 4 rings (SSSR count). The van der Waals surface area contributed by atoms with Gasteiger partial charge in [-0.3, -0.25) is 9.78 Å². The van der Waals surface area contributed by atoms with E-state index in [1.165, 1.54) is 0 Å². The van der Waals surface area contributed by atoms with Gasteiger partial charge >= 0.3 is 0 Å². The number of nitrogens with one attached hydrogen (secondary N) is 2. The number of nitrogens with zero attached hydrogens (tertiary/aromatic N) is 1. The Balaban J connectivity index is 1.57. The summed E-state index contributed by atoms with van der Waals surface area (Å²) in [6.07, 6.45) is 1.66. The fourth-order valence-electron chi connectivity index (χ4n) is 3.57. The van der Waals surface area contributed by atoms with Gasteiger partial charge in [0.15, 0.2) is 0 Å². The summed E-state index contributed by atoms with van der Waals surface area (Å²) in [4.78, 5) is 16.8. The molecule has 0 bridgehead atoms. The Kier molecular flexibility index (Phi) is 3.20. The molecule has 2 aliphatic rings. The summed E-state index contributed by atoms with van der Waals surface area (Å²) in [7, 11) is 0. The average molecular weight is 317 g/mol. The van der Waals surface area contributed by atoms with Crippen molar-refractivity contribution < 1.29 is 4.79 Å². The van der Waals surface area contributed by atoms with E-state index in [1.54, 1.807) is 18.3 Å². The lowest BCUT2D eigenvalue weighted by Crippen LogP contribution is -2.29. The van der Waals surface area contributed by atoms with Crippen LogP contribution in [-0.4, -0.2) is 30.5 Å². The Hall–Kier alpha value is -1.85. The van der Waals surface area contributed by atoms with Gasteiger partial charge in [-0.15, -0.1) is 0 Å². The fraction of sp³-hybridized carbons (Fsp3) is 0.375. The van der Waals surface area contributed by atoms with Gasteiger partial charge in [0.1, 0.15) is 0 Å². The molecule has 1 aliphatic heterocycles. The molecule has 1 aliphatic carbocycles. The quantitative estimate of drug-likeness (QED) is 0.752. The second kappa shape index (κ2) is 5.11. The van der Waals surface area contributed by atoms with Crippen LogP contribution in [0.4, 0.5) is 5.69 Å². The van der Waals surface area contributed by atoms with Crippen molar-refractivity contribution in [3.8, 4) is 0 Å². The average Bonchev–Trinajstić information content (AvgIpc) is 2.96. The zero-order chi connectivity index (χ0) is 15.3. The van der Waals surface area contributed by atoms with Crippen molar-refractivity contribution in [2.24, 2.45) is 17.8 Å². The Morgan fingerprint density at radius 2 is 2.23 bits per heavy atom. The zero-order valence-corrected chi connectivity index (χ0v) is 12.7. The van der Waals surface area contributed by atoms with Crippen LogP contribution in [0.25, 0.3) is 10.9 Å². The first kappa shape index (κ1) is 13.8. The molecule has 0 spiro atoms. The zero-order valence-electron chi connectivity index (χ0n) is 12.0. The van der Waals surface area contributed by atoms with Crippen LogP contribution in [0.3, 0.4) is 0 Å². The number of halogens is 1. The first-order chi connectivity index (χ1) is 10.7. The minimum Gasteiger partial charge on any atom is -0.397 e. The van der Waals surface area contributed by atoms with Crippen LogP contribution >= 0.6 is 11.6 Å². The molecule has 1 saturated heterocycles. The van der Waals surface area contributed by atoms with Crippen LogP contribution in [0.5, 0.6) is 0 Å². The number of nitrogen functional groups attached to an aromatic ring is 1. The molecule has 1 amide bonds. The molecule has 2 fully saturated rings. The van der Waals surface area contributed by atoms with Gasteiger partial charge in [-0.1, -0.05) is 11.6 Å². The maximum atomic E-state index is 12.5. The summed E-state index contributed by atoms with van der Waals surface area (Å²) < 4.78 is 0. The molecule has 22 heavy (non-hydrogen) atoms. The number of carbonyl (C=O) groups is 1. The summed E-state index contributed by atoms with van der Waals surface area (Å²) in [5, 5.41) is 7.48. The number of amides is 1. The number of pyridine rings is 1. The number of piperidine rings is 1. The Morgan fingerprint density at radius 1 is 1.45 bits per heavy atom. The number of benzene rings is 1. The number of aromatic nitrogens is 1. The number of nitrogens with two attached hydrogens (primary N) is 1. The molecule has 1 aromatic heterocycles. The lowest BCUT2D eigenvalue weighted by Gasteiger charge is -2.11. The Bertz CT molecular complexity index is 753. The highest BCUT2D eigenvalue weighted by Gasteiger charge is 2.52. The van der Waals surface area contributed by atoms with E-state index in [0.717, 1.165) is 24.9 Å². The highest BCUT2D eigenvalue weighted by atomic mass is 35.5. The van der Waals surface area contributed by atoms with Crippen molar-refractivity contribution in [1.82, 2.24) is 15.6 Å². The molecule has 2 aromatic rings. The largest absolute Gasteiger partial charge is 0.397 e. The lowest BCUT2D eigenvalue weighted by atomic mass is 10.1. The normalized spacial score (nSPS) is 26.0. The predicted octanol–water partition coefficient (Wildman–Crippen LogP) is 1.67. The van der Waals surface area contributed by atoms with Gasteiger partial charge in [0, 0.05) is 18.1 Å². The summed E-state index contributed by atoms with van der Waals surface area (Å²) in [5.41, 5.74) is 7.51. The summed E-state index contributed by atoms with van der Waals surface area (Å²) in [5.74, 6) is 1.92. The summed E-state index contributed by atoms with van der Waals surface area (Å²) >= 11 is 6.15. The monoisotopic (exact) mass is 316 g/mol. The second-order valence-electron chi connectivity index (χ2n) is 6.08. The molecular weight excluding hydrogens is 300 g/mol. The summed E-state index contributed by atoms with van der Waals surface area (Å²) in [6, 6.07) is 5.23. The molecule has 1 aromatic carbocycles. The molecule has 114 valence electrons. The molecule has 2 unspecified atom stereocenters. The van der Waals surface area contributed by atoms with Gasteiger partial charge in [-0.25, -0.2) is 0 Å². The smallest absolute Gasteiger partial charge is 0.253 e. The van der Waals surface area contributed by atoms with Gasteiger partial charge in [0.05, 0.1) is 21.8 Å². The minimum atomic E-state index is -0.136. The topological polar surface area (TPSA) is 80.0 Å². The predicted molar refractivity (Wildman–Crippen MR) is 86.8 cm³/mol. The third kappa shape index (κ3) is 2.12. The molecule has 1 saturated carbocycles. The molecule has 5 nitrogen and oxygen atoms in total. The third-order valence-electron chi connectivity index (χ3n) is 4.89. The molecule has 4 N–H and O–H groups in total. The Labute approximate surface area is 133 Å². The third-order valence-corrected chi connectivity index (χ3v) is 5.21. The van der Waals surface area contributed by atoms with Crippen LogP contribution in [0, 0.1) is 17.8 Å². The van der Waals surface area contributed by atoms with E-state index in [0.29, 0.717) is 39.6 Å². The van der Waals surface area contributed by atoms with Crippen LogP contribution in [0.15, 0.2) is 24.4 Å². The first-order valence-electron chi connectivity index (χ1n) is 7.48. The van der Waals surface area contributed by atoms with Crippen molar-refractivity contribution in [2.75, 3.05) is 25.4 Å². The van der Waals surface area contributed by atoms with Crippen molar-refractivity contribution in [1.29, 1.82) is 0 Å². The van der Waals surface area contributed by atoms with Gasteiger partial charge in [0.25, 0.3) is 5.91 Å². The van der Waals surface area contributed by atoms with E-state index >= 15 is 0 Å². The fourth-order valence-corrected chi connectivity index (χ4v) is 3.78. The molecule has 6 heteroatoms. The van der Waals surface area contributed by atoms with E-state index in [-0.39, 0.29) is 5.91 Å². The molecular formula is C16H17ClN4O. The van der Waals surface area contributed by atoms with Gasteiger partial charge in [-0.05, 0) is 49.0 Å². The number of rotatable bonds is 3. The number of anilines is 1. The number of hydrogen-bond donors (Lipinski definition) is 3. The van der Waals surface area contributed by atoms with Gasteiger partial charge in [0.2, 0.25) is 0 Å². The maximum absolute atomic E-state index is 12.5. The second-order valence-corrected chi connectivity index (χ2v) is 6.49. The van der Waals surface area contributed by atoms with Crippen LogP contribution < -0.4 is 16.4 Å². The Morgan fingerprint density at radius 3 is 3.00 bits per heavy atom. The van der Waals surface area contributed by atoms with E-state index in [1.807, 2.05) is 6.07 Å². The van der Waals surface area contributed by atoms with Crippen LogP contribution in [0.1, 0.15) is 10.4 Å². The first-order valence-corrected chi connectivity index (χ1v) is 7.86. The van der Waals surface area contributed by atoms with Gasteiger partial charge < -0.3 is 16.4 Å². The van der Waals surface area contributed by atoms with Crippen LogP contribution in [0.2, 0.25) is 5.02 Å². The van der Waals surface area contributed by atoms with E-state index in [2.05, 4.69) is 15.6 Å². The number of hydrogen-bond acceptors (Lipinski definition) is 4. The van der Waals surface area contributed by atoms with E-state index in [4.69, 9.17) is 17.3 Å². The molecule has 0 radical (unpaired) electrons. The van der Waals surface area contributed by atoms with E-state index in [9.17, 15) is 4.79 Å². The van der Waals surface area contributed by atoms with Gasteiger partial charge in [-0.2, -0.15) is 0 Å². The highest BCUT2D eigenvalue weighted by Crippen LogP contribution is 2.48.